The Balaban J connectivity index is 2.73. The lowest BCUT2D eigenvalue weighted by Crippen LogP contribution is -2.32. The van der Waals surface area contributed by atoms with Crippen molar-refractivity contribution in [1.82, 2.24) is 5.32 Å². The lowest BCUT2D eigenvalue weighted by molar-refractivity contribution is 0.0937. The van der Waals surface area contributed by atoms with Gasteiger partial charge in [0.05, 0.1) is 5.56 Å². The number of carbonyl (C=O) groups is 1. The quantitative estimate of drug-likeness (QED) is 0.898. The van der Waals surface area contributed by atoms with Gasteiger partial charge in [-0.25, -0.2) is 0 Å². The molecule has 1 unspecified atom stereocenters. The fourth-order valence-corrected chi connectivity index (χ4v) is 2.28. The predicted molar refractivity (Wildman–Crippen MR) is 70.7 cm³/mol. The Kier molecular flexibility index (Phi) is 5.00. The molecule has 0 heterocycles. The zero-order valence-corrected chi connectivity index (χ0v) is 11.6. The highest BCUT2D eigenvalue weighted by molar-refractivity contribution is 9.10. The lowest BCUT2D eigenvalue weighted by Gasteiger charge is -2.13. The number of hydrogen-bond acceptors (Lipinski definition) is 1. The highest BCUT2D eigenvalue weighted by atomic mass is 79.9. The van der Waals surface area contributed by atoms with Crippen molar-refractivity contribution in [2.24, 2.45) is 0 Å². The molecule has 0 aromatic heterocycles. The minimum absolute atomic E-state index is 0.00664. The van der Waals surface area contributed by atoms with Gasteiger partial charge in [-0.3, -0.25) is 4.79 Å². The largest absolute Gasteiger partial charge is 0.350 e. The molecule has 0 fully saturated rings. The van der Waals surface area contributed by atoms with Crippen molar-refractivity contribution in [2.45, 2.75) is 39.7 Å². The second kappa shape index (κ2) is 6.04. The number of halogens is 1. The highest BCUT2D eigenvalue weighted by Crippen LogP contribution is 2.18. The van der Waals surface area contributed by atoms with Gasteiger partial charge in [-0.1, -0.05) is 19.4 Å². The molecule has 1 aromatic rings. The van der Waals surface area contributed by atoms with E-state index in [4.69, 9.17) is 0 Å². The van der Waals surface area contributed by atoms with Crippen LogP contribution in [-0.4, -0.2) is 11.9 Å². The third-order valence-electron chi connectivity index (χ3n) is 2.47. The Morgan fingerprint density at radius 3 is 2.75 bits per heavy atom. The van der Waals surface area contributed by atoms with E-state index in [-0.39, 0.29) is 11.9 Å². The Labute approximate surface area is 106 Å². The van der Waals surface area contributed by atoms with E-state index in [9.17, 15) is 4.79 Å². The number of nitrogens with one attached hydrogen (secondary N) is 1. The van der Waals surface area contributed by atoms with Crippen LogP contribution in [0.1, 0.15) is 42.6 Å². The van der Waals surface area contributed by atoms with Crippen molar-refractivity contribution in [2.75, 3.05) is 0 Å². The van der Waals surface area contributed by atoms with E-state index in [1.807, 2.05) is 32.0 Å². The molecule has 0 aliphatic carbocycles. The molecule has 0 aliphatic heterocycles. The molecule has 16 heavy (non-hydrogen) atoms. The molecule has 2 nitrogen and oxygen atoms in total. The fourth-order valence-electron chi connectivity index (χ4n) is 1.61. The Morgan fingerprint density at radius 1 is 1.50 bits per heavy atom. The van der Waals surface area contributed by atoms with Gasteiger partial charge in [0.2, 0.25) is 0 Å². The molecular weight excluding hydrogens is 266 g/mol. The lowest BCUT2D eigenvalue weighted by atomic mass is 10.1. The van der Waals surface area contributed by atoms with Crippen LogP contribution in [0, 0.1) is 6.92 Å². The molecule has 1 atom stereocenters. The number of hydrogen-bond donors (Lipinski definition) is 1. The summed E-state index contributed by atoms with van der Waals surface area (Å²) < 4.78 is 0.855. The molecule has 1 amide bonds. The van der Waals surface area contributed by atoms with Gasteiger partial charge in [-0.2, -0.15) is 0 Å². The monoisotopic (exact) mass is 283 g/mol. The van der Waals surface area contributed by atoms with Gasteiger partial charge >= 0.3 is 0 Å². The van der Waals surface area contributed by atoms with Gasteiger partial charge in [0.15, 0.2) is 0 Å². The Bertz CT molecular complexity index is 376. The van der Waals surface area contributed by atoms with Crippen LogP contribution < -0.4 is 5.32 Å². The van der Waals surface area contributed by atoms with Crippen molar-refractivity contribution >= 4 is 21.8 Å². The molecule has 0 bridgehead atoms. The zero-order valence-electron chi connectivity index (χ0n) is 10.0. The zero-order chi connectivity index (χ0) is 12.1. The molecule has 0 saturated heterocycles. The van der Waals surface area contributed by atoms with Gasteiger partial charge in [-0.15, -0.1) is 0 Å². The Morgan fingerprint density at radius 2 is 2.19 bits per heavy atom. The maximum Gasteiger partial charge on any atom is 0.252 e. The first-order valence-corrected chi connectivity index (χ1v) is 6.41. The summed E-state index contributed by atoms with van der Waals surface area (Å²) in [5.74, 6) is -0.00664. The molecule has 0 spiro atoms. The minimum Gasteiger partial charge on any atom is -0.350 e. The summed E-state index contributed by atoms with van der Waals surface area (Å²) in [4.78, 5) is 11.9. The van der Waals surface area contributed by atoms with Gasteiger partial charge in [0, 0.05) is 10.5 Å². The van der Waals surface area contributed by atoms with Crippen LogP contribution in [0.25, 0.3) is 0 Å². The molecular formula is C13H18BrNO. The van der Waals surface area contributed by atoms with Crippen LogP contribution in [0.15, 0.2) is 22.7 Å². The van der Waals surface area contributed by atoms with Gasteiger partial charge < -0.3 is 5.32 Å². The summed E-state index contributed by atoms with van der Waals surface area (Å²) in [7, 11) is 0. The maximum atomic E-state index is 11.9. The molecule has 1 rings (SSSR count). The van der Waals surface area contributed by atoms with E-state index < -0.39 is 0 Å². The topological polar surface area (TPSA) is 29.1 Å². The van der Waals surface area contributed by atoms with Crippen LogP contribution in [0.5, 0.6) is 0 Å². The summed E-state index contributed by atoms with van der Waals surface area (Å²) in [6.45, 7) is 6.15. The second-order valence-corrected chi connectivity index (χ2v) is 5.00. The number of rotatable bonds is 4. The van der Waals surface area contributed by atoms with E-state index in [1.54, 1.807) is 0 Å². The molecule has 88 valence electrons. The van der Waals surface area contributed by atoms with Crippen LogP contribution in [0.3, 0.4) is 0 Å². The first-order chi connectivity index (χ1) is 7.54. The van der Waals surface area contributed by atoms with E-state index in [2.05, 4.69) is 28.2 Å². The average molecular weight is 284 g/mol. The van der Waals surface area contributed by atoms with Crippen LogP contribution in [0.2, 0.25) is 0 Å². The maximum absolute atomic E-state index is 11.9. The van der Waals surface area contributed by atoms with Crippen molar-refractivity contribution < 1.29 is 4.79 Å². The van der Waals surface area contributed by atoms with Crippen molar-refractivity contribution in [3.63, 3.8) is 0 Å². The first-order valence-electron chi connectivity index (χ1n) is 5.61. The van der Waals surface area contributed by atoms with Crippen molar-refractivity contribution in [1.29, 1.82) is 0 Å². The standard InChI is InChI=1S/C13H18BrNO/c1-4-5-10(3)15-13(16)11-7-6-9(2)8-12(11)14/h6-8,10H,4-5H2,1-3H3,(H,15,16). The van der Waals surface area contributed by atoms with E-state index >= 15 is 0 Å². The summed E-state index contributed by atoms with van der Waals surface area (Å²) in [5, 5.41) is 2.99. The van der Waals surface area contributed by atoms with E-state index in [0.29, 0.717) is 5.56 Å². The molecule has 0 saturated carbocycles. The SMILES string of the molecule is CCCC(C)NC(=O)c1ccc(C)cc1Br. The highest BCUT2D eigenvalue weighted by Gasteiger charge is 2.11. The smallest absolute Gasteiger partial charge is 0.252 e. The van der Waals surface area contributed by atoms with Crippen LogP contribution in [0.4, 0.5) is 0 Å². The summed E-state index contributed by atoms with van der Waals surface area (Å²) in [6, 6.07) is 5.99. The van der Waals surface area contributed by atoms with Gasteiger partial charge in [-0.05, 0) is 53.9 Å². The van der Waals surface area contributed by atoms with E-state index in [1.165, 1.54) is 0 Å². The molecule has 1 aromatic carbocycles. The number of amides is 1. The predicted octanol–water partition coefficient (Wildman–Crippen LogP) is 3.68. The van der Waals surface area contributed by atoms with Crippen LogP contribution in [-0.2, 0) is 0 Å². The number of aryl methyl sites for hydroxylation is 1. The second-order valence-electron chi connectivity index (χ2n) is 4.15. The normalized spacial score (nSPS) is 12.2. The minimum atomic E-state index is -0.00664. The van der Waals surface area contributed by atoms with Crippen molar-refractivity contribution in [3.8, 4) is 0 Å². The number of carbonyl (C=O) groups excluding carboxylic acids is 1. The molecule has 3 heteroatoms. The summed E-state index contributed by atoms with van der Waals surface area (Å²) in [5.41, 5.74) is 1.85. The fraction of sp³-hybridized carbons (Fsp3) is 0.462. The number of benzene rings is 1. The summed E-state index contributed by atoms with van der Waals surface area (Å²) >= 11 is 3.42. The molecule has 1 N–H and O–H groups in total. The van der Waals surface area contributed by atoms with Gasteiger partial charge in [0.1, 0.15) is 0 Å². The van der Waals surface area contributed by atoms with Crippen molar-refractivity contribution in [3.05, 3.63) is 33.8 Å². The van der Waals surface area contributed by atoms with Crippen LogP contribution >= 0.6 is 15.9 Å². The molecule has 0 aliphatic rings. The average Bonchev–Trinajstić information content (AvgIpc) is 2.17. The third-order valence-corrected chi connectivity index (χ3v) is 3.12. The van der Waals surface area contributed by atoms with E-state index in [0.717, 1.165) is 22.9 Å². The Hall–Kier alpha value is -0.830. The third kappa shape index (κ3) is 3.63. The first kappa shape index (κ1) is 13.2. The summed E-state index contributed by atoms with van der Waals surface area (Å²) in [6.07, 6.45) is 2.09. The molecule has 0 radical (unpaired) electrons. The van der Waals surface area contributed by atoms with Gasteiger partial charge in [0.25, 0.3) is 5.91 Å².